The summed E-state index contributed by atoms with van der Waals surface area (Å²) in [6, 6.07) is 1.98. The highest BCUT2D eigenvalue weighted by atomic mass is 16.1. The first-order chi connectivity index (χ1) is 7.13. The van der Waals surface area contributed by atoms with Crippen LogP contribution in [0.5, 0.6) is 0 Å². The Morgan fingerprint density at radius 2 is 2.27 bits per heavy atom. The third-order valence-corrected chi connectivity index (χ3v) is 3.63. The molecule has 82 valence electrons. The van der Waals surface area contributed by atoms with Crippen LogP contribution in [-0.2, 0) is 13.0 Å². The first-order valence-corrected chi connectivity index (χ1v) is 5.58. The average Bonchev–Trinajstić information content (AvgIpc) is 2.24. The lowest BCUT2D eigenvalue weighted by molar-refractivity contribution is 0.415. The van der Waals surface area contributed by atoms with Gasteiger partial charge in [0.1, 0.15) is 0 Å². The molecule has 0 aliphatic heterocycles. The van der Waals surface area contributed by atoms with Crippen LogP contribution in [0.4, 0.5) is 0 Å². The Kier molecular flexibility index (Phi) is 2.65. The molecule has 0 amide bonds. The lowest BCUT2D eigenvalue weighted by atomic mass is 9.80. The van der Waals surface area contributed by atoms with E-state index in [1.165, 1.54) is 12.0 Å². The molecular formula is C12H18N2O. The molecule has 2 rings (SSSR count). The van der Waals surface area contributed by atoms with E-state index in [4.69, 9.17) is 5.73 Å². The zero-order chi connectivity index (χ0) is 11.0. The molecule has 3 heteroatoms. The maximum absolute atomic E-state index is 11.6. The third kappa shape index (κ3) is 1.72. The number of nitrogens with two attached hydrogens (primary N) is 1. The van der Waals surface area contributed by atoms with E-state index < -0.39 is 0 Å². The SMILES string of the molecule is CC1CCc2cc(CN)c(=O)[nH]c2C1C. The van der Waals surface area contributed by atoms with Crippen molar-refractivity contribution in [2.75, 3.05) is 0 Å². The first-order valence-electron chi connectivity index (χ1n) is 5.58. The largest absolute Gasteiger partial charge is 0.326 e. The van der Waals surface area contributed by atoms with Crippen LogP contribution in [0.3, 0.4) is 0 Å². The number of aromatic nitrogens is 1. The van der Waals surface area contributed by atoms with Gasteiger partial charge in [-0.1, -0.05) is 13.8 Å². The zero-order valence-corrected chi connectivity index (χ0v) is 9.34. The van der Waals surface area contributed by atoms with Gasteiger partial charge in [-0.15, -0.1) is 0 Å². The molecule has 1 aliphatic carbocycles. The van der Waals surface area contributed by atoms with Gasteiger partial charge in [0.15, 0.2) is 0 Å². The Balaban J connectivity index is 2.52. The Hall–Kier alpha value is -1.09. The quantitative estimate of drug-likeness (QED) is 0.732. The summed E-state index contributed by atoms with van der Waals surface area (Å²) in [6.45, 7) is 4.75. The minimum Gasteiger partial charge on any atom is -0.326 e. The molecular weight excluding hydrogens is 188 g/mol. The average molecular weight is 206 g/mol. The van der Waals surface area contributed by atoms with Crippen molar-refractivity contribution in [3.8, 4) is 0 Å². The molecule has 0 spiro atoms. The minimum absolute atomic E-state index is 0.0165. The molecule has 15 heavy (non-hydrogen) atoms. The fourth-order valence-electron chi connectivity index (χ4n) is 2.32. The van der Waals surface area contributed by atoms with Crippen molar-refractivity contribution in [3.63, 3.8) is 0 Å². The van der Waals surface area contributed by atoms with Gasteiger partial charge in [-0.25, -0.2) is 0 Å². The van der Waals surface area contributed by atoms with Gasteiger partial charge in [-0.05, 0) is 36.3 Å². The second-order valence-corrected chi connectivity index (χ2v) is 4.57. The number of aryl methyl sites for hydroxylation is 1. The van der Waals surface area contributed by atoms with Crippen molar-refractivity contribution in [3.05, 3.63) is 33.2 Å². The maximum Gasteiger partial charge on any atom is 0.252 e. The first kappa shape index (κ1) is 10.4. The van der Waals surface area contributed by atoms with Crippen LogP contribution >= 0.6 is 0 Å². The number of hydrogen-bond acceptors (Lipinski definition) is 2. The zero-order valence-electron chi connectivity index (χ0n) is 9.34. The Morgan fingerprint density at radius 3 is 2.93 bits per heavy atom. The number of fused-ring (bicyclic) bond motifs is 1. The fourth-order valence-corrected chi connectivity index (χ4v) is 2.32. The summed E-state index contributed by atoms with van der Waals surface area (Å²) in [5.74, 6) is 1.10. The fraction of sp³-hybridized carbons (Fsp3) is 0.583. The van der Waals surface area contributed by atoms with Crippen molar-refractivity contribution >= 4 is 0 Å². The van der Waals surface area contributed by atoms with Crippen LogP contribution in [0.15, 0.2) is 10.9 Å². The Bertz CT molecular complexity index is 422. The van der Waals surface area contributed by atoms with Crippen LogP contribution in [-0.4, -0.2) is 4.98 Å². The third-order valence-electron chi connectivity index (χ3n) is 3.63. The van der Waals surface area contributed by atoms with Gasteiger partial charge in [-0.3, -0.25) is 4.79 Å². The minimum atomic E-state index is -0.0165. The van der Waals surface area contributed by atoms with Crippen molar-refractivity contribution in [2.24, 2.45) is 11.7 Å². The monoisotopic (exact) mass is 206 g/mol. The van der Waals surface area contributed by atoms with Crippen molar-refractivity contribution in [1.82, 2.24) is 4.98 Å². The number of H-pyrrole nitrogens is 1. The summed E-state index contributed by atoms with van der Waals surface area (Å²) in [4.78, 5) is 14.6. The van der Waals surface area contributed by atoms with Crippen molar-refractivity contribution in [2.45, 2.75) is 39.2 Å². The molecule has 1 aliphatic rings. The van der Waals surface area contributed by atoms with Gasteiger partial charge >= 0.3 is 0 Å². The molecule has 3 N–H and O–H groups in total. The summed E-state index contributed by atoms with van der Waals surface area (Å²) >= 11 is 0. The summed E-state index contributed by atoms with van der Waals surface area (Å²) in [5, 5.41) is 0. The van der Waals surface area contributed by atoms with E-state index in [9.17, 15) is 4.79 Å². The predicted molar refractivity (Wildman–Crippen MR) is 60.9 cm³/mol. The molecule has 0 bridgehead atoms. The topological polar surface area (TPSA) is 58.9 Å². The van der Waals surface area contributed by atoms with E-state index in [2.05, 4.69) is 18.8 Å². The highest BCUT2D eigenvalue weighted by molar-refractivity contribution is 5.30. The number of nitrogens with one attached hydrogen (secondary N) is 1. The Labute approximate surface area is 89.7 Å². The van der Waals surface area contributed by atoms with Crippen LogP contribution in [0, 0.1) is 5.92 Å². The number of hydrogen-bond donors (Lipinski definition) is 2. The van der Waals surface area contributed by atoms with E-state index in [1.54, 1.807) is 0 Å². The molecule has 1 aromatic rings. The second kappa shape index (κ2) is 3.81. The van der Waals surface area contributed by atoms with Crippen LogP contribution in [0.25, 0.3) is 0 Å². The lowest BCUT2D eigenvalue weighted by Gasteiger charge is -2.28. The number of pyridine rings is 1. The summed E-state index contributed by atoms with van der Waals surface area (Å²) in [6.07, 6.45) is 2.26. The van der Waals surface area contributed by atoms with Crippen LogP contribution < -0.4 is 11.3 Å². The Morgan fingerprint density at radius 1 is 1.53 bits per heavy atom. The molecule has 2 atom stereocenters. The van der Waals surface area contributed by atoms with Crippen molar-refractivity contribution in [1.29, 1.82) is 0 Å². The van der Waals surface area contributed by atoms with E-state index in [0.717, 1.165) is 12.1 Å². The molecule has 0 fully saturated rings. The van der Waals surface area contributed by atoms with Gasteiger partial charge in [0.2, 0.25) is 0 Å². The predicted octanol–water partition coefficient (Wildman–Crippen LogP) is 1.52. The van der Waals surface area contributed by atoms with E-state index in [0.29, 0.717) is 23.9 Å². The standard InChI is InChI=1S/C12H18N2O/c1-7-3-4-9-5-10(6-13)12(15)14-11(9)8(7)2/h5,7-8H,3-4,6,13H2,1-2H3,(H,14,15). The van der Waals surface area contributed by atoms with E-state index in [1.807, 2.05) is 6.07 Å². The molecule has 0 saturated carbocycles. The normalized spacial score (nSPS) is 25.0. The summed E-state index contributed by atoms with van der Waals surface area (Å²) in [5.41, 5.74) is 8.61. The van der Waals surface area contributed by atoms with Gasteiger partial charge < -0.3 is 10.7 Å². The molecule has 1 aromatic heterocycles. The highest BCUT2D eigenvalue weighted by Crippen LogP contribution is 2.33. The number of rotatable bonds is 1. The second-order valence-electron chi connectivity index (χ2n) is 4.57. The van der Waals surface area contributed by atoms with Crippen LogP contribution in [0.1, 0.15) is 43.0 Å². The molecule has 0 aromatic carbocycles. The van der Waals surface area contributed by atoms with Gasteiger partial charge in [-0.2, -0.15) is 0 Å². The van der Waals surface area contributed by atoms with Crippen LogP contribution in [0.2, 0.25) is 0 Å². The molecule has 0 radical (unpaired) electrons. The maximum atomic E-state index is 11.6. The van der Waals surface area contributed by atoms with Gasteiger partial charge in [0.25, 0.3) is 5.56 Å². The number of aromatic amines is 1. The summed E-state index contributed by atoms with van der Waals surface area (Å²) in [7, 11) is 0. The molecule has 2 unspecified atom stereocenters. The van der Waals surface area contributed by atoms with Gasteiger partial charge in [0, 0.05) is 17.8 Å². The lowest BCUT2D eigenvalue weighted by Crippen LogP contribution is -2.25. The molecule has 1 heterocycles. The molecule has 3 nitrogen and oxygen atoms in total. The van der Waals surface area contributed by atoms with Gasteiger partial charge in [0.05, 0.1) is 0 Å². The summed E-state index contributed by atoms with van der Waals surface area (Å²) < 4.78 is 0. The van der Waals surface area contributed by atoms with E-state index >= 15 is 0 Å². The van der Waals surface area contributed by atoms with E-state index in [-0.39, 0.29) is 5.56 Å². The molecule has 0 saturated heterocycles. The smallest absolute Gasteiger partial charge is 0.252 e. The highest BCUT2D eigenvalue weighted by Gasteiger charge is 2.24. The van der Waals surface area contributed by atoms with Crippen molar-refractivity contribution < 1.29 is 0 Å².